The van der Waals surface area contributed by atoms with Crippen molar-refractivity contribution in [2.45, 2.75) is 38.1 Å². The average Bonchev–Trinajstić information content (AvgIpc) is 2.81. The number of benzene rings is 1. The molecule has 3 heterocycles. The predicted molar refractivity (Wildman–Crippen MR) is 120 cm³/mol. The molecule has 0 saturated carbocycles. The molecule has 3 N–H and O–H groups in total. The van der Waals surface area contributed by atoms with Crippen LogP contribution in [-0.4, -0.2) is 36.1 Å². The molecule has 0 spiro atoms. The average molecular weight is 454 g/mol. The summed E-state index contributed by atoms with van der Waals surface area (Å²) in [5.41, 5.74) is 4.73. The molecule has 0 bridgehead atoms. The van der Waals surface area contributed by atoms with Crippen LogP contribution in [-0.2, 0) is 11.3 Å². The molecule has 0 aliphatic carbocycles. The number of methoxy groups -OCH3 is 1. The van der Waals surface area contributed by atoms with E-state index in [0.717, 1.165) is 32.4 Å². The molecule has 1 fully saturated rings. The maximum atomic E-state index is 13.3. The van der Waals surface area contributed by atoms with E-state index in [1.54, 1.807) is 12.1 Å². The number of nitrogens with two attached hydrogens (primary N) is 1. The Morgan fingerprint density at radius 3 is 2.67 bits per heavy atom. The Morgan fingerprint density at radius 2 is 1.97 bits per heavy atom. The number of primary amides is 1. The van der Waals surface area contributed by atoms with Crippen LogP contribution in [0.25, 0.3) is 11.0 Å². The number of hydrogen-bond acceptors (Lipinski definition) is 8. The summed E-state index contributed by atoms with van der Waals surface area (Å²) in [6.45, 7) is 2.14. The van der Waals surface area contributed by atoms with Crippen molar-refractivity contribution in [3.8, 4) is 11.5 Å². The van der Waals surface area contributed by atoms with Crippen LogP contribution in [0, 0.1) is 0 Å². The van der Waals surface area contributed by atoms with Crippen LogP contribution in [0.4, 0.5) is 0 Å². The number of hydrogen-bond donors (Lipinski definition) is 2. The fraction of sp³-hybridized carbons (Fsp3) is 0.375. The number of carbonyl (C=O) groups excluding carboxylic acids is 1. The van der Waals surface area contributed by atoms with Crippen molar-refractivity contribution in [2.75, 3.05) is 20.2 Å². The van der Waals surface area contributed by atoms with Gasteiger partial charge in [-0.15, -0.1) is 0 Å². The topological polar surface area (TPSA) is 136 Å². The summed E-state index contributed by atoms with van der Waals surface area (Å²) in [6.07, 6.45) is 4.12. The molecule has 0 unspecified atom stereocenters. The van der Waals surface area contributed by atoms with E-state index >= 15 is 0 Å². The number of ether oxygens (including phenoxy) is 1. The first-order valence-corrected chi connectivity index (χ1v) is 10.8. The highest BCUT2D eigenvalue weighted by atomic mass is 16.5. The Hall–Kier alpha value is -3.59. The minimum atomic E-state index is -1.09. The largest absolute Gasteiger partial charge is 0.502 e. The Balaban J connectivity index is 1.82. The summed E-state index contributed by atoms with van der Waals surface area (Å²) in [6, 6.07) is 6.01. The van der Waals surface area contributed by atoms with Gasteiger partial charge < -0.3 is 24.4 Å². The Bertz CT molecular complexity index is 1290. The number of amides is 1. The van der Waals surface area contributed by atoms with Gasteiger partial charge in [0.1, 0.15) is 17.1 Å². The molecular weight excluding hydrogens is 428 g/mol. The first kappa shape index (κ1) is 22.6. The van der Waals surface area contributed by atoms with Gasteiger partial charge in [-0.05, 0) is 44.1 Å². The normalized spacial score (nSPS) is 15.4. The lowest BCUT2D eigenvalue weighted by Gasteiger charge is -2.26. The van der Waals surface area contributed by atoms with E-state index in [4.69, 9.17) is 19.3 Å². The fourth-order valence-corrected chi connectivity index (χ4v) is 4.24. The van der Waals surface area contributed by atoms with Crippen LogP contribution in [0.3, 0.4) is 0 Å². The number of likely N-dealkylation sites (tertiary alicyclic amines) is 1. The van der Waals surface area contributed by atoms with Gasteiger partial charge in [-0.25, -0.2) is 0 Å². The molecule has 3 aromatic rings. The number of nitrogens with zero attached hydrogens (tertiary/aromatic N) is 1. The summed E-state index contributed by atoms with van der Waals surface area (Å²) in [7, 11) is 1.48. The molecule has 0 radical (unpaired) electrons. The van der Waals surface area contributed by atoms with E-state index in [1.165, 1.54) is 25.5 Å². The van der Waals surface area contributed by atoms with Crippen molar-refractivity contribution in [2.24, 2.45) is 5.73 Å². The van der Waals surface area contributed by atoms with Gasteiger partial charge in [0, 0.05) is 18.1 Å². The monoisotopic (exact) mass is 454 g/mol. The zero-order valence-electron chi connectivity index (χ0n) is 18.3. The standard InChI is InChI=1S/C24H26N2O7/c1-31-14-5-6-20-17(9-14)22(29)18(13-32-20)16(11-21(25)28)24-23(30)19(27)10-15(33-24)12-26-7-3-2-4-8-26/h5-6,9-10,13,16,30H,2-4,7-8,11-12H2,1H3,(H2,25,28)/t16-/m1/s1. The lowest BCUT2D eigenvalue weighted by molar-refractivity contribution is -0.118. The van der Waals surface area contributed by atoms with Crippen LogP contribution in [0.1, 0.15) is 48.7 Å². The summed E-state index contributed by atoms with van der Waals surface area (Å²) in [4.78, 5) is 39.9. The Morgan fingerprint density at radius 1 is 1.21 bits per heavy atom. The molecule has 33 heavy (non-hydrogen) atoms. The summed E-state index contributed by atoms with van der Waals surface area (Å²) in [5, 5.41) is 10.8. The highest BCUT2D eigenvalue weighted by molar-refractivity contribution is 5.80. The zero-order chi connectivity index (χ0) is 23.5. The number of carbonyl (C=O) groups is 1. The Kier molecular flexibility index (Phi) is 6.50. The van der Waals surface area contributed by atoms with Gasteiger partial charge in [0.2, 0.25) is 17.1 Å². The zero-order valence-corrected chi connectivity index (χ0v) is 18.3. The maximum Gasteiger partial charge on any atom is 0.227 e. The highest BCUT2D eigenvalue weighted by Crippen LogP contribution is 2.33. The molecule has 9 nitrogen and oxygen atoms in total. The van der Waals surface area contributed by atoms with E-state index in [0.29, 0.717) is 23.6 Å². The fourth-order valence-electron chi connectivity index (χ4n) is 4.24. The van der Waals surface area contributed by atoms with Gasteiger partial charge in [0.15, 0.2) is 11.2 Å². The minimum absolute atomic E-state index is 0.0446. The molecule has 1 saturated heterocycles. The minimum Gasteiger partial charge on any atom is -0.502 e. The first-order valence-electron chi connectivity index (χ1n) is 10.8. The Labute approximate surface area is 189 Å². The summed E-state index contributed by atoms with van der Waals surface area (Å²) >= 11 is 0. The van der Waals surface area contributed by atoms with Crippen LogP contribution in [0.15, 0.2) is 49.0 Å². The first-order chi connectivity index (χ1) is 15.9. The van der Waals surface area contributed by atoms with Crippen LogP contribution < -0.4 is 21.3 Å². The third-order valence-electron chi connectivity index (χ3n) is 5.93. The van der Waals surface area contributed by atoms with Gasteiger partial charge in [0.05, 0.1) is 31.2 Å². The molecular formula is C24H26N2O7. The molecule has 1 atom stereocenters. The van der Waals surface area contributed by atoms with Crippen molar-refractivity contribution in [3.63, 3.8) is 0 Å². The van der Waals surface area contributed by atoms with Gasteiger partial charge in [-0.2, -0.15) is 0 Å². The second kappa shape index (κ2) is 9.50. The predicted octanol–water partition coefficient (Wildman–Crippen LogP) is 2.45. The SMILES string of the molecule is COc1ccc2occ([C@@H](CC(N)=O)c3oc(CN4CCCCC4)cc(=O)c3O)c(=O)c2c1. The van der Waals surface area contributed by atoms with Crippen LogP contribution in [0.5, 0.6) is 11.5 Å². The van der Waals surface area contributed by atoms with E-state index in [1.807, 2.05) is 0 Å². The molecule has 1 aliphatic rings. The maximum absolute atomic E-state index is 13.3. The van der Waals surface area contributed by atoms with Crippen molar-refractivity contribution >= 4 is 16.9 Å². The van der Waals surface area contributed by atoms with Crippen molar-refractivity contribution in [3.05, 3.63) is 68.1 Å². The molecule has 2 aromatic heterocycles. The lowest BCUT2D eigenvalue weighted by atomic mass is 9.92. The number of aromatic hydroxyl groups is 1. The second-order valence-electron chi connectivity index (χ2n) is 8.23. The molecule has 4 rings (SSSR count). The van der Waals surface area contributed by atoms with Crippen molar-refractivity contribution < 1.29 is 23.5 Å². The molecule has 174 valence electrons. The highest BCUT2D eigenvalue weighted by Gasteiger charge is 2.29. The third kappa shape index (κ3) is 4.78. The van der Waals surface area contributed by atoms with Crippen LogP contribution in [0.2, 0.25) is 0 Å². The summed E-state index contributed by atoms with van der Waals surface area (Å²) < 4.78 is 16.7. The van der Waals surface area contributed by atoms with Gasteiger partial charge >= 0.3 is 0 Å². The number of piperidine rings is 1. The molecule has 1 amide bonds. The van der Waals surface area contributed by atoms with Crippen LogP contribution >= 0.6 is 0 Å². The van der Waals surface area contributed by atoms with E-state index in [9.17, 15) is 19.5 Å². The van der Waals surface area contributed by atoms with Gasteiger partial charge in [-0.1, -0.05) is 6.42 Å². The van der Waals surface area contributed by atoms with Gasteiger partial charge in [-0.3, -0.25) is 19.3 Å². The molecule has 9 heteroatoms. The van der Waals surface area contributed by atoms with Crippen molar-refractivity contribution in [1.29, 1.82) is 0 Å². The quantitative estimate of drug-likeness (QED) is 0.556. The summed E-state index contributed by atoms with van der Waals surface area (Å²) in [5.74, 6) is -1.86. The third-order valence-corrected chi connectivity index (χ3v) is 5.93. The second-order valence-corrected chi connectivity index (χ2v) is 8.23. The molecule has 1 aliphatic heterocycles. The molecule has 1 aromatic carbocycles. The lowest BCUT2D eigenvalue weighted by Crippen LogP contribution is -2.29. The van der Waals surface area contributed by atoms with E-state index in [-0.39, 0.29) is 23.1 Å². The van der Waals surface area contributed by atoms with E-state index < -0.39 is 28.4 Å². The van der Waals surface area contributed by atoms with Crippen molar-refractivity contribution in [1.82, 2.24) is 4.90 Å². The number of fused-ring (bicyclic) bond motifs is 1. The van der Waals surface area contributed by atoms with E-state index in [2.05, 4.69) is 4.90 Å². The number of rotatable bonds is 7. The smallest absolute Gasteiger partial charge is 0.227 e. The van der Waals surface area contributed by atoms with Gasteiger partial charge in [0.25, 0.3) is 0 Å².